The molecule has 1 unspecified atom stereocenters. The van der Waals surface area contributed by atoms with Crippen LogP contribution < -0.4 is 0 Å². The topological polar surface area (TPSA) is 70.0 Å². The molecule has 0 aliphatic carbocycles. The molecule has 0 radical (unpaired) electrons. The molecule has 2 heterocycles. The lowest BCUT2D eigenvalue weighted by Crippen LogP contribution is -2.54. The van der Waals surface area contributed by atoms with Gasteiger partial charge in [0.25, 0.3) is 0 Å². The summed E-state index contributed by atoms with van der Waals surface area (Å²) in [7, 11) is 0. The third kappa shape index (κ3) is 3.10. The van der Waals surface area contributed by atoms with Crippen molar-refractivity contribution in [1.29, 1.82) is 0 Å². The number of hydrogen-bond acceptors (Lipinski definition) is 5. The van der Waals surface area contributed by atoms with Crippen LogP contribution in [0.1, 0.15) is 46.5 Å². The molecule has 2 saturated heterocycles. The maximum Gasteiger partial charge on any atom is 0.341 e. The summed E-state index contributed by atoms with van der Waals surface area (Å²) in [5, 5.41) is 20.4. The van der Waals surface area contributed by atoms with Crippen LogP contribution in [0, 0.1) is 11.8 Å². The van der Waals surface area contributed by atoms with Gasteiger partial charge in [-0.3, -0.25) is 4.90 Å². The second kappa shape index (κ2) is 6.63. The molecule has 2 aliphatic rings. The first-order valence-corrected chi connectivity index (χ1v) is 8.22. The number of carbonyl (C=O) groups is 1. The molecule has 2 N–H and O–H groups in total. The van der Waals surface area contributed by atoms with E-state index < -0.39 is 17.7 Å². The Kier molecular flexibility index (Phi) is 5.28. The highest BCUT2D eigenvalue weighted by Crippen LogP contribution is 2.33. The van der Waals surface area contributed by atoms with E-state index in [1.807, 2.05) is 6.92 Å². The fraction of sp³-hybridized carbons (Fsp3) is 0.938. The lowest BCUT2D eigenvalue weighted by atomic mass is 9.82. The van der Waals surface area contributed by atoms with Gasteiger partial charge in [0.05, 0.1) is 12.7 Å². The molecule has 21 heavy (non-hydrogen) atoms. The first-order chi connectivity index (χ1) is 9.91. The van der Waals surface area contributed by atoms with Gasteiger partial charge in [0, 0.05) is 12.0 Å². The number of fused-ring (bicyclic) bond motifs is 1. The number of nitrogens with zero attached hydrogens (tertiary/aromatic N) is 1. The number of hydrogen-bond donors (Lipinski definition) is 2. The number of carbonyl (C=O) groups excluding carboxylic acids is 1. The van der Waals surface area contributed by atoms with Crippen LogP contribution in [0.4, 0.5) is 0 Å². The van der Waals surface area contributed by atoms with Gasteiger partial charge in [0.15, 0.2) is 5.60 Å². The summed E-state index contributed by atoms with van der Waals surface area (Å²) in [6, 6.07) is 0.529. The Balaban J connectivity index is 1.93. The van der Waals surface area contributed by atoms with Crippen LogP contribution in [0.3, 0.4) is 0 Å². The van der Waals surface area contributed by atoms with Crippen molar-refractivity contribution in [1.82, 2.24) is 4.90 Å². The Bertz CT molecular complexity index is 373. The van der Waals surface area contributed by atoms with Gasteiger partial charge in [-0.15, -0.1) is 0 Å². The Morgan fingerprint density at radius 3 is 2.71 bits per heavy atom. The SMILES string of the molecule is CCC(C)[C@](O)(C(=O)OC[C@@H]1CCN2CCC[C@@H]12)[C@@H](C)O. The Hall–Kier alpha value is -0.650. The molecule has 2 aliphatic heterocycles. The molecule has 2 rings (SSSR count). The maximum absolute atomic E-state index is 12.3. The highest BCUT2D eigenvalue weighted by molar-refractivity contribution is 5.80. The van der Waals surface area contributed by atoms with Crippen LogP contribution >= 0.6 is 0 Å². The van der Waals surface area contributed by atoms with Crippen LogP contribution in [0.15, 0.2) is 0 Å². The van der Waals surface area contributed by atoms with Gasteiger partial charge >= 0.3 is 5.97 Å². The van der Waals surface area contributed by atoms with Gasteiger partial charge < -0.3 is 14.9 Å². The number of aliphatic hydroxyl groups is 2. The number of rotatable bonds is 6. The van der Waals surface area contributed by atoms with Crippen molar-refractivity contribution in [2.24, 2.45) is 11.8 Å². The fourth-order valence-electron chi connectivity index (χ4n) is 3.77. The summed E-state index contributed by atoms with van der Waals surface area (Å²) < 4.78 is 5.41. The minimum atomic E-state index is -1.80. The van der Waals surface area contributed by atoms with E-state index in [1.54, 1.807) is 6.92 Å². The largest absolute Gasteiger partial charge is 0.463 e. The molecule has 0 aromatic rings. The van der Waals surface area contributed by atoms with Crippen LogP contribution in [0.5, 0.6) is 0 Å². The average molecular weight is 299 g/mol. The third-order valence-corrected chi connectivity index (χ3v) is 5.50. The van der Waals surface area contributed by atoms with Gasteiger partial charge in [-0.05, 0) is 45.2 Å². The normalized spacial score (nSPS) is 31.5. The molecule has 0 bridgehead atoms. The van der Waals surface area contributed by atoms with Crippen molar-refractivity contribution in [3.05, 3.63) is 0 Å². The van der Waals surface area contributed by atoms with Crippen molar-refractivity contribution in [2.45, 2.75) is 64.2 Å². The Morgan fingerprint density at radius 2 is 2.10 bits per heavy atom. The Labute approximate surface area is 127 Å². The van der Waals surface area contributed by atoms with Crippen LogP contribution in [0.2, 0.25) is 0 Å². The zero-order chi connectivity index (χ0) is 15.6. The van der Waals surface area contributed by atoms with Gasteiger partial charge in [0.1, 0.15) is 0 Å². The van der Waals surface area contributed by atoms with E-state index in [-0.39, 0.29) is 5.92 Å². The lowest BCUT2D eigenvalue weighted by molar-refractivity contribution is -0.187. The van der Waals surface area contributed by atoms with Crippen molar-refractivity contribution < 1.29 is 19.7 Å². The number of aliphatic hydroxyl groups excluding tert-OH is 1. The molecule has 5 atom stereocenters. The molecule has 0 spiro atoms. The van der Waals surface area contributed by atoms with Crippen LogP contribution in [-0.4, -0.2) is 58.5 Å². The van der Waals surface area contributed by atoms with E-state index in [0.717, 1.165) is 19.5 Å². The van der Waals surface area contributed by atoms with E-state index in [9.17, 15) is 15.0 Å². The standard InChI is InChI=1S/C16H29NO4/c1-4-11(2)16(20,12(3)18)15(19)21-10-13-7-9-17-8-5-6-14(13)17/h11-14,18,20H,4-10H2,1-3H3/t11?,12-,13+,14+,16-/m1/s1. The van der Waals surface area contributed by atoms with E-state index in [2.05, 4.69) is 4.90 Å². The van der Waals surface area contributed by atoms with Gasteiger partial charge in [-0.1, -0.05) is 20.3 Å². The monoisotopic (exact) mass is 299 g/mol. The maximum atomic E-state index is 12.3. The van der Waals surface area contributed by atoms with Gasteiger partial charge in [-0.2, -0.15) is 0 Å². The minimum absolute atomic E-state index is 0.337. The second-order valence-electron chi connectivity index (χ2n) is 6.70. The third-order valence-electron chi connectivity index (χ3n) is 5.50. The van der Waals surface area contributed by atoms with E-state index >= 15 is 0 Å². The first kappa shape index (κ1) is 16.7. The molecular formula is C16H29NO4. The van der Waals surface area contributed by atoms with Gasteiger partial charge in [-0.25, -0.2) is 4.79 Å². The molecule has 122 valence electrons. The first-order valence-electron chi connectivity index (χ1n) is 8.22. The lowest BCUT2D eigenvalue weighted by Gasteiger charge is -2.34. The summed E-state index contributed by atoms with van der Waals surface area (Å²) in [6.07, 6.45) is 2.92. The fourth-order valence-corrected chi connectivity index (χ4v) is 3.77. The molecule has 5 nitrogen and oxygen atoms in total. The van der Waals surface area contributed by atoms with Crippen molar-refractivity contribution >= 4 is 5.97 Å². The van der Waals surface area contributed by atoms with Gasteiger partial charge in [0.2, 0.25) is 0 Å². The number of esters is 1. The zero-order valence-electron chi connectivity index (χ0n) is 13.4. The molecule has 2 fully saturated rings. The summed E-state index contributed by atoms with van der Waals surface area (Å²) >= 11 is 0. The molecule has 0 saturated carbocycles. The Morgan fingerprint density at radius 1 is 1.38 bits per heavy atom. The predicted octanol–water partition coefficient (Wildman–Crippen LogP) is 1.17. The van der Waals surface area contributed by atoms with Crippen LogP contribution in [-0.2, 0) is 9.53 Å². The molecule has 5 heteroatoms. The summed E-state index contributed by atoms with van der Waals surface area (Å²) in [6.45, 7) is 7.69. The molecule has 0 aromatic carbocycles. The van der Waals surface area contributed by atoms with Crippen molar-refractivity contribution in [3.8, 4) is 0 Å². The average Bonchev–Trinajstić information content (AvgIpc) is 3.06. The second-order valence-corrected chi connectivity index (χ2v) is 6.70. The van der Waals surface area contributed by atoms with Crippen molar-refractivity contribution in [3.63, 3.8) is 0 Å². The molecule has 0 aromatic heterocycles. The summed E-state index contributed by atoms with van der Waals surface area (Å²) in [5.41, 5.74) is -1.80. The molecule has 0 amide bonds. The predicted molar refractivity (Wildman–Crippen MR) is 79.7 cm³/mol. The molecular weight excluding hydrogens is 270 g/mol. The smallest absolute Gasteiger partial charge is 0.341 e. The van der Waals surface area contributed by atoms with E-state index in [4.69, 9.17) is 4.74 Å². The highest BCUT2D eigenvalue weighted by Gasteiger charge is 2.47. The van der Waals surface area contributed by atoms with Crippen molar-refractivity contribution in [2.75, 3.05) is 19.7 Å². The number of ether oxygens (including phenoxy) is 1. The van der Waals surface area contributed by atoms with E-state index in [0.29, 0.717) is 25.0 Å². The quantitative estimate of drug-likeness (QED) is 0.721. The van der Waals surface area contributed by atoms with Crippen LogP contribution in [0.25, 0.3) is 0 Å². The zero-order valence-corrected chi connectivity index (χ0v) is 13.4. The summed E-state index contributed by atoms with van der Waals surface area (Å²) in [5.74, 6) is -0.647. The highest BCUT2D eigenvalue weighted by atomic mass is 16.6. The van der Waals surface area contributed by atoms with E-state index in [1.165, 1.54) is 19.8 Å². The minimum Gasteiger partial charge on any atom is -0.463 e. The summed E-state index contributed by atoms with van der Waals surface area (Å²) in [4.78, 5) is 14.8.